The zero-order chi connectivity index (χ0) is 10.6. The summed E-state index contributed by atoms with van der Waals surface area (Å²) >= 11 is 0. The van der Waals surface area contributed by atoms with Crippen LogP contribution in [-0.4, -0.2) is 61.4 Å². The molecule has 1 saturated heterocycles. The number of aliphatic hydroxyl groups excluding tert-OH is 1. The van der Waals surface area contributed by atoms with E-state index in [1.54, 1.807) is 0 Å². The van der Waals surface area contributed by atoms with Crippen LogP contribution >= 0.6 is 0 Å². The molecule has 0 bridgehead atoms. The fourth-order valence-corrected chi connectivity index (χ4v) is 1.28. The Morgan fingerprint density at radius 1 is 1.64 bits per heavy atom. The van der Waals surface area contributed by atoms with E-state index in [0.717, 1.165) is 7.11 Å². The van der Waals surface area contributed by atoms with Gasteiger partial charge in [0, 0.05) is 6.54 Å². The topological polar surface area (TPSA) is 76.1 Å². The molecule has 14 heavy (non-hydrogen) atoms. The van der Waals surface area contributed by atoms with Gasteiger partial charge in [0.05, 0.1) is 33.0 Å². The number of esters is 1. The van der Waals surface area contributed by atoms with Crippen molar-refractivity contribution in [2.75, 3.05) is 33.5 Å². The Morgan fingerprint density at radius 3 is 2.93 bits per heavy atom. The number of nitrogens with zero attached hydrogens (tertiary/aromatic N) is 1. The molecule has 1 rings (SSSR count). The van der Waals surface area contributed by atoms with Crippen molar-refractivity contribution >= 4 is 11.9 Å². The zero-order valence-corrected chi connectivity index (χ0v) is 7.93. The van der Waals surface area contributed by atoms with E-state index in [2.05, 4.69) is 4.74 Å². The Balaban J connectivity index is 2.63. The van der Waals surface area contributed by atoms with Crippen molar-refractivity contribution < 1.29 is 24.2 Å². The summed E-state index contributed by atoms with van der Waals surface area (Å²) < 4.78 is 9.37. The predicted octanol–water partition coefficient (Wildman–Crippen LogP) is -1.62. The van der Waals surface area contributed by atoms with Gasteiger partial charge in [0.15, 0.2) is 0 Å². The van der Waals surface area contributed by atoms with Crippen LogP contribution in [0.15, 0.2) is 0 Å². The van der Waals surface area contributed by atoms with Crippen LogP contribution in [0.4, 0.5) is 0 Å². The molecule has 80 valence electrons. The number of hydrogen-bond donors (Lipinski definition) is 1. The normalized spacial score (nSPS) is 21.9. The molecule has 1 aliphatic heterocycles. The molecule has 1 heterocycles. The minimum absolute atomic E-state index is 0.220. The van der Waals surface area contributed by atoms with E-state index in [9.17, 15) is 9.59 Å². The largest absolute Gasteiger partial charge is 0.462 e. The molecule has 6 heteroatoms. The lowest BCUT2D eigenvalue weighted by Gasteiger charge is -2.33. The summed E-state index contributed by atoms with van der Waals surface area (Å²) in [7, 11) is 1.15. The van der Waals surface area contributed by atoms with Crippen LogP contribution in [0.5, 0.6) is 0 Å². The van der Waals surface area contributed by atoms with Crippen molar-refractivity contribution in [1.29, 1.82) is 0 Å². The standard InChI is InChI=1S/C8H13NO5/c1-13-8(12)7(11)9-2-3-14-5-6(9)4-10/h6,10H,2-5H2,1H3. The summed E-state index contributed by atoms with van der Waals surface area (Å²) in [5, 5.41) is 8.94. The van der Waals surface area contributed by atoms with Gasteiger partial charge in [-0.2, -0.15) is 0 Å². The molecule has 1 amide bonds. The summed E-state index contributed by atoms with van der Waals surface area (Å²) in [5.41, 5.74) is 0. The zero-order valence-electron chi connectivity index (χ0n) is 7.93. The fraction of sp³-hybridized carbons (Fsp3) is 0.750. The smallest absolute Gasteiger partial charge is 0.396 e. The first-order valence-corrected chi connectivity index (χ1v) is 4.28. The number of carbonyl (C=O) groups excluding carboxylic acids is 2. The summed E-state index contributed by atoms with van der Waals surface area (Å²) in [6.07, 6.45) is 0. The number of morpholine rings is 1. The lowest BCUT2D eigenvalue weighted by Crippen LogP contribution is -2.52. The summed E-state index contributed by atoms with van der Waals surface area (Å²) in [6, 6.07) is -0.449. The van der Waals surface area contributed by atoms with Crippen molar-refractivity contribution in [3.63, 3.8) is 0 Å². The first-order chi connectivity index (χ1) is 6.70. The third-order valence-electron chi connectivity index (χ3n) is 2.06. The molecule has 1 fully saturated rings. The number of ether oxygens (including phenoxy) is 2. The molecule has 0 aliphatic carbocycles. The molecule has 1 aliphatic rings. The predicted molar refractivity (Wildman–Crippen MR) is 45.4 cm³/mol. The molecule has 0 aromatic heterocycles. The van der Waals surface area contributed by atoms with Crippen molar-refractivity contribution in [2.24, 2.45) is 0 Å². The Bertz CT molecular complexity index is 230. The molecular formula is C8H13NO5. The lowest BCUT2D eigenvalue weighted by molar-refractivity contribution is -0.163. The number of methoxy groups -OCH3 is 1. The number of hydrogen-bond acceptors (Lipinski definition) is 5. The first-order valence-electron chi connectivity index (χ1n) is 4.28. The van der Waals surface area contributed by atoms with Crippen LogP contribution < -0.4 is 0 Å². The Hall–Kier alpha value is -1.14. The highest BCUT2D eigenvalue weighted by Crippen LogP contribution is 2.07. The third kappa shape index (κ3) is 2.21. The van der Waals surface area contributed by atoms with Crippen molar-refractivity contribution in [3.8, 4) is 0 Å². The Morgan fingerprint density at radius 2 is 2.36 bits per heavy atom. The maximum atomic E-state index is 11.4. The highest BCUT2D eigenvalue weighted by molar-refractivity contribution is 6.32. The van der Waals surface area contributed by atoms with E-state index >= 15 is 0 Å². The maximum Gasteiger partial charge on any atom is 0.396 e. The molecule has 6 nitrogen and oxygen atoms in total. The highest BCUT2D eigenvalue weighted by Gasteiger charge is 2.31. The summed E-state index contributed by atoms with van der Waals surface area (Å²) in [6.45, 7) is 0.709. The Kier molecular flexibility index (Phi) is 3.84. The second-order valence-corrected chi connectivity index (χ2v) is 2.90. The number of aliphatic hydroxyl groups is 1. The van der Waals surface area contributed by atoms with Gasteiger partial charge < -0.3 is 19.5 Å². The third-order valence-corrected chi connectivity index (χ3v) is 2.06. The highest BCUT2D eigenvalue weighted by atomic mass is 16.5. The van der Waals surface area contributed by atoms with Crippen LogP contribution in [0.1, 0.15) is 0 Å². The molecule has 1 atom stereocenters. The van der Waals surface area contributed by atoms with Gasteiger partial charge in [-0.25, -0.2) is 4.79 Å². The van der Waals surface area contributed by atoms with Gasteiger partial charge in [0.25, 0.3) is 0 Å². The quantitative estimate of drug-likeness (QED) is 0.409. The number of rotatable bonds is 1. The average molecular weight is 203 g/mol. The number of amides is 1. The number of carbonyl (C=O) groups is 2. The van der Waals surface area contributed by atoms with Gasteiger partial charge in [-0.15, -0.1) is 0 Å². The van der Waals surface area contributed by atoms with E-state index in [0.29, 0.717) is 13.2 Å². The lowest BCUT2D eigenvalue weighted by atomic mass is 10.2. The van der Waals surface area contributed by atoms with Gasteiger partial charge in [0.1, 0.15) is 0 Å². The van der Waals surface area contributed by atoms with Crippen LogP contribution in [0.3, 0.4) is 0 Å². The van der Waals surface area contributed by atoms with Crippen LogP contribution in [-0.2, 0) is 19.1 Å². The average Bonchev–Trinajstić information content (AvgIpc) is 2.26. The van der Waals surface area contributed by atoms with Gasteiger partial charge >= 0.3 is 11.9 Å². The van der Waals surface area contributed by atoms with Crippen molar-refractivity contribution in [3.05, 3.63) is 0 Å². The minimum atomic E-state index is -0.912. The van der Waals surface area contributed by atoms with Crippen molar-refractivity contribution in [2.45, 2.75) is 6.04 Å². The van der Waals surface area contributed by atoms with Gasteiger partial charge in [-0.3, -0.25) is 4.79 Å². The van der Waals surface area contributed by atoms with Crippen LogP contribution in [0, 0.1) is 0 Å². The SMILES string of the molecule is COC(=O)C(=O)N1CCOCC1CO. The van der Waals surface area contributed by atoms with E-state index < -0.39 is 17.9 Å². The summed E-state index contributed by atoms with van der Waals surface area (Å²) in [5.74, 6) is -1.64. The van der Waals surface area contributed by atoms with Crippen LogP contribution in [0.25, 0.3) is 0 Å². The Labute approximate surface area is 81.4 Å². The van der Waals surface area contributed by atoms with Gasteiger partial charge in [-0.1, -0.05) is 0 Å². The second kappa shape index (κ2) is 4.92. The molecule has 1 unspecified atom stereocenters. The molecule has 0 spiro atoms. The molecule has 0 aromatic carbocycles. The van der Waals surface area contributed by atoms with E-state index in [1.165, 1.54) is 4.90 Å². The fourth-order valence-electron chi connectivity index (χ4n) is 1.28. The van der Waals surface area contributed by atoms with E-state index in [-0.39, 0.29) is 13.2 Å². The molecule has 0 radical (unpaired) electrons. The molecule has 0 saturated carbocycles. The monoisotopic (exact) mass is 203 g/mol. The first kappa shape index (κ1) is 10.9. The molecular weight excluding hydrogens is 190 g/mol. The maximum absolute atomic E-state index is 11.4. The van der Waals surface area contributed by atoms with Gasteiger partial charge in [0.2, 0.25) is 0 Å². The minimum Gasteiger partial charge on any atom is -0.462 e. The summed E-state index contributed by atoms with van der Waals surface area (Å²) in [4.78, 5) is 23.6. The second-order valence-electron chi connectivity index (χ2n) is 2.90. The molecule has 1 N–H and O–H groups in total. The van der Waals surface area contributed by atoms with Crippen molar-refractivity contribution in [1.82, 2.24) is 4.90 Å². The van der Waals surface area contributed by atoms with Crippen LogP contribution in [0.2, 0.25) is 0 Å². The van der Waals surface area contributed by atoms with E-state index in [1.807, 2.05) is 0 Å². The van der Waals surface area contributed by atoms with Gasteiger partial charge in [-0.05, 0) is 0 Å². The molecule has 0 aromatic rings. The van der Waals surface area contributed by atoms with E-state index in [4.69, 9.17) is 9.84 Å².